The second-order valence-electron chi connectivity index (χ2n) is 4.51. The Bertz CT molecular complexity index is 646. The van der Waals surface area contributed by atoms with Gasteiger partial charge in [-0.25, -0.2) is 4.39 Å². The van der Waals surface area contributed by atoms with E-state index in [1.165, 1.54) is 12.1 Å². The van der Waals surface area contributed by atoms with Gasteiger partial charge in [0, 0.05) is 21.7 Å². The highest BCUT2D eigenvalue weighted by Crippen LogP contribution is 2.23. The number of anilines is 1. The van der Waals surface area contributed by atoms with Crippen LogP contribution in [0.1, 0.15) is 5.56 Å². The molecule has 3 nitrogen and oxygen atoms in total. The largest absolute Gasteiger partial charge is 0.480 e. The average molecular weight is 373 g/mol. The topological polar surface area (TPSA) is 40.5 Å². The van der Waals surface area contributed by atoms with Crippen LogP contribution in [0.15, 0.2) is 46.9 Å². The predicted octanol–water partition coefficient (Wildman–Crippen LogP) is 4.33. The molecule has 0 aliphatic heterocycles. The lowest BCUT2D eigenvalue weighted by Gasteiger charge is -2.23. The second-order valence-corrected chi connectivity index (χ2v) is 5.86. The molecule has 2 rings (SSSR count). The number of carboxylic acid groups (broad SMARTS) is 1. The minimum Gasteiger partial charge on any atom is -0.480 e. The van der Waals surface area contributed by atoms with Crippen LogP contribution in [0.3, 0.4) is 0 Å². The Hall–Kier alpha value is -1.59. The van der Waals surface area contributed by atoms with E-state index in [1.807, 2.05) is 0 Å². The number of benzene rings is 2. The highest BCUT2D eigenvalue weighted by Gasteiger charge is 2.13. The van der Waals surface area contributed by atoms with E-state index in [4.69, 9.17) is 16.7 Å². The molecule has 0 aliphatic carbocycles. The molecule has 2 aromatic carbocycles. The molecule has 0 radical (unpaired) electrons. The van der Waals surface area contributed by atoms with Gasteiger partial charge in [-0.3, -0.25) is 4.79 Å². The molecular formula is C15H12BrClFNO2. The SMILES string of the molecule is O=C(O)CN(Cc1cc(F)cc(Br)c1)c1cccc(Cl)c1. The van der Waals surface area contributed by atoms with Crippen molar-refractivity contribution in [3.8, 4) is 0 Å². The lowest BCUT2D eigenvalue weighted by Crippen LogP contribution is -2.29. The summed E-state index contributed by atoms with van der Waals surface area (Å²) in [5.74, 6) is -1.34. The van der Waals surface area contributed by atoms with Crippen LogP contribution in [-0.2, 0) is 11.3 Å². The summed E-state index contributed by atoms with van der Waals surface area (Å²) in [5.41, 5.74) is 1.34. The van der Waals surface area contributed by atoms with Crippen LogP contribution in [0.25, 0.3) is 0 Å². The summed E-state index contributed by atoms with van der Waals surface area (Å²) in [4.78, 5) is 12.7. The first-order chi connectivity index (χ1) is 9.94. The number of hydrogen-bond acceptors (Lipinski definition) is 2. The van der Waals surface area contributed by atoms with Crippen molar-refractivity contribution in [2.45, 2.75) is 6.54 Å². The van der Waals surface area contributed by atoms with Crippen LogP contribution in [0.4, 0.5) is 10.1 Å². The first kappa shape index (κ1) is 15.8. The highest BCUT2D eigenvalue weighted by atomic mass is 79.9. The number of hydrogen-bond donors (Lipinski definition) is 1. The first-order valence-corrected chi connectivity index (χ1v) is 7.28. The quantitative estimate of drug-likeness (QED) is 0.849. The van der Waals surface area contributed by atoms with Crippen LogP contribution in [-0.4, -0.2) is 17.6 Å². The van der Waals surface area contributed by atoms with Gasteiger partial charge in [0.25, 0.3) is 0 Å². The Labute approximate surface area is 135 Å². The van der Waals surface area contributed by atoms with Gasteiger partial charge in [-0.05, 0) is 42.0 Å². The molecule has 0 saturated heterocycles. The van der Waals surface area contributed by atoms with E-state index < -0.39 is 5.97 Å². The van der Waals surface area contributed by atoms with Gasteiger partial charge in [0.15, 0.2) is 0 Å². The van der Waals surface area contributed by atoms with Gasteiger partial charge in [0.1, 0.15) is 12.4 Å². The summed E-state index contributed by atoms with van der Waals surface area (Å²) >= 11 is 9.16. The maximum absolute atomic E-state index is 13.4. The fraction of sp³-hybridized carbons (Fsp3) is 0.133. The lowest BCUT2D eigenvalue weighted by molar-refractivity contribution is -0.135. The van der Waals surface area contributed by atoms with Crippen LogP contribution in [0.5, 0.6) is 0 Å². The normalized spacial score (nSPS) is 10.4. The molecule has 0 saturated carbocycles. The van der Waals surface area contributed by atoms with E-state index in [2.05, 4.69) is 15.9 Å². The molecule has 21 heavy (non-hydrogen) atoms. The first-order valence-electron chi connectivity index (χ1n) is 6.11. The summed E-state index contributed by atoms with van der Waals surface area (Å²) in [6.45, 7) is 0.0669. The Morgan fingerprint density at radius 3 is 2.67 bits per heavy atom. The molecule has 6 heteroatoms. The van der Waals surface area contributed by atoms with Gasteiger partial charge < -0.3 is 10.0 Å². The van der Waals surface area contributed by atoms with Crippen LogP contribution < -0.4 is 4.90 Å². The average Bonchev–Trinajstić information content (AvgIpc) is 2.36. The molecule has 2 aromatic rings. The summed E-state index contributed by atoms with van der Waals surface area (Å²) in [6.07, 6.45) is 0. The van der Waals surface area contributed by atoms with Gasteiger partial charge in [-0.1, -0.05) is 33.6 Å². The smallest absolute Gasteiger partial charge is 0.323 e. The maximum Gasteiger partial charge on any atom is 0.323 e. The van der Waals surface area contributed by atoms with Crippen molar-refractivity contribution in [2.24, 2.45) is 0 Å². The zero-order chi connectivity index (χ0) is 15.4. The van der Waals surface area contributed by atoms with Crippen LogP contribution in [0, 0.1) is 5.82 Å². The third-order valence-corrected chi connectivity index (χ3v) is 3.49. The van der Waals surface area contributed by atoms with E-state index in [0.29, 0.717) is 20.7 Å². The Kier molecular flexibility index (Phi) is 5.20. The number of halogens is 3. The van der Waals surface area contributed by atoms with Crippen molar-refractivity contribution in [2.75, 3.05) is 11.4 Å². The van der Waals surface area contributed by atoms with Crippen molar-refractivity contribution in [1.29, 1.82) is 0 Å². The van der Waals surface area contributed by atoms with Crippen molar-refractivity contribution in [3.05, 3.63) is 63.3 Å². The van der Waals surface area contributed by atoms with Gasteiger partial charge in [-0.2, -0.15) is 0 Å². The molecule has 0 atom stereocenters. The minimum absolute atomic E-state index is 0.200. The molecule has 110 valence electrons. The third-order valence-electron chi connectivity index (χ3n) is 2.80. The number of nitrogens with zero attached hydrogens (tertiary/aromatic N) is 1. The fourth-order valence-corrected chi connectivity index (χ4v) is 2.69. The number of carboxylic acids is 1. The summed E-state index contributed by atoms with van der Waals surface area (Å²) in [7, 11) is 0. The molecule has 0 spiro atoms. The van der Waals surface area contributed by atoms with Crippen LogP contribution >= 0.6 is 27.5 Å². The van der Waals surface area contributed by atoms with Gasteiger partial charge >= 0.3 is 5.97 Å². The van der Waals surface area contributed by atoms with E-state index >= 15 is 0 Å². The van der Waals surface area contributed by atoms with E-state index in [1.54, 1.807) is 35.2 Å². The van der Waals surface area contributed by atoms with Crippen molar-refractivity contribution >= 4 is 39.2 Å². The lowest BCUT2D eigenvalue weighted by atomic mass is 10.2. The Morgan fingerprint density at radius 1 is 1.29 bits per heavy atom. The van der Waals surface area contributed by atoms with E-state index in [9.17, 15) is 9.18 Å². The number of carbonyl (C=O) groups is 1. The summed E-state index contributed by atoms with van der Waals surface area (Å²) < 4.78 is 14.0. The van der Waals surface area contributed by atoms with Crippen LogP contribution in [0.2, 0.25) is 5.02 Å². The molecule has 0 bridgehead atoms. The Balaban J connectivity index is 2.30. The monoisotopic (exact) mass is 371 g/mol. The molecule has 1 N–H and O–H groups in total. The van der Waals surface area contributed by atoms with Gasteiger partial charge in [0.2, 0.25) is 0 Å². The summed E-state index contributed by atoms with van der Waals surface area (Å²) in [6, 6.07) is 11.4. The molecular weight excluding hydrogens is 361 g/mol. The fourth-order valence-electron chi connectivity index (χ4n) is 2.00. The van der Waals surface area contributed by atoms with Gasteiger partial charge in [0.05, 0.1) is 0 Å². The van der Waals surface area contributed by atoms with E-state index in [0.717, 1.165) is 0 Å². The molecule has 0 aromatic heterocycles. The van der Waals surface area contributed by atoms with Gasteiger partial charge in [-0.15, -0.1) is 0 Å². The summed E-state index contributed by atoms with van der Waals surface area (Å²) in [5, 5.41) is 9.56. The number of aliphatic carboxylic acids is 1. The third kappa shape index (κ3) is 4.72. The molecule has 0 amide bonds. The molecule has 0 heterocycles. The molecule has 0 unspecified atom stereocenters. The van der Waals surface area contributed by atoms with Crippen molar-refractivity contribution in [1.82, 2.24) is 0 Å². The van der Waals surface area contributed by atoms with Crippen molar-refractivity contribution in [3.63, 3.8) is 0 Å². The second kappa shape index (κ2) is 6.91. The van der Waals surface area contributed by atoms with Crippen molar-refractivity contribution < 1.29 is 14.3 Å². The minimum atomic E-state index is -0.967. The highest BCUT2D eigenvalue weighted by molar-refractivity contribution is 9.10. The predicted molar refractivity (Wildman–Crippen MR) is 84.2 cm³/mol. The zero-order valence-corrected chi connectivity index (χ0v) is 13.2. The standard InChI is InChI=1S/C15H12BrClFNO2/c16-11-4-10(5-13(18)6-11)8-19(9-15(20)21)14-3-1-2-12(17)7-14/h1-7H,8-9H2,(H,20,21). The molecule has 0 fully saturated rings. The number of rotatable bonds is 5. The molecule has 0 aliphatic rings. The maximum atomic E-state index is 13.4. The Morgan fingerprint density at radius 2 is 2.05 bits per heavy atom. The van der Waals surface area contributed by atoms with E-state index in [-0.39, 0.29) is 18.9 Å². The zero-order valence-electron chi connectivity index (χ0n) is 10.9.